The van der Waals surface area contributed by atoms with Crippen LogP contribution in [0.5, 0.6) is 5.88 Å². The van der Waals surface area contributed by atoms with Crippen LogP contribution in [0, 0.1) is 6.92 Å². The van der Waals surface area contributed by atoms with Gasteiger partial charge in [-0.25, -0.2) is 22.9 Å². The van der Waals surface area contributed by atoms with E-state index >= 15 is 0 Å². The van der Waals surface area contributed by atoms with E-state index < -0.39 is 16.1 Å². The van der Waals surface area contributed by atoms with Crippen molar-refractivity contribution in [1.82, 2.24) is 14.7 Å². The van der Waals surface area contributed by atoms with Crippen molar-refractivity contribution in [2.75, 3.05) is 12.4 Å². The number of hydrogen-bond donors (Lipinski definition) is 2. The molecular weight excluding hydrogens is 380 g/mol. The van der Waals surface area contributed by atoms with Gasteiger partial charge in [0, 0.05) is 16.8 Å². The van der Waals surface area contributed by atoms with E-state index in [1.807, 2.05) is 4.72 Å². The van der Waals surface area contributed by atoms with Crippen molar-refractivity contribution in [2.24, 2.45) is 0 Å². The Morgan fingerprint density at radius 2 is 2.08 bits per heavy atom. The van der Waals surface area contributed by atoms with E-state index in [0.29, 0.717) is 28.3 Å². The van der Waals surface area contributed by atoms with E-state index in [9.17, 15) is 13.2 Å². The lowest BCUT2D eigenvalue weighted by molar-refractivity contribution is 0.256. The lowest BCUT2D eigenvalue weighted by Gasteiger charge is -2.12. The Kier molecular flexibility index (Phi) is 4.84. The van der Waals surface area contributed by atoms with Crippen molar-refractivity contribution in [2.45, 2.75) is 18.2 Å². The van der Waals surface area contributed by atoms with Crippen molar-refractivity contribution < 1.29 is 17.9 Å². The van der Waals surface area contributed by atoms with Crippen LogP contribution in [-0.2, 0) is 16.4 Å². The Bertz CT molecular complexity index is 1020. The largest absolute Gasteiger partial charge is 0.481 e. The first kappa shape index (κ1) is 18.2. The van der Waals surface area contributed by atoms with Crippen molar-refractivity contribution in [3.8, 4) is 5.88 Å². The smallest absolute Gasteiger partial charge is 0.335 e. The Balaban J connectivity index is 1.81. The predicted octanol–water partition coefficient (Wildman–Crippen LogP) is 2.44. The molecule has 0 unspecified atom stereocenters. The molecule has 0 radical (unpaired) electrons. The molecule has 1 aromatic heterocycles. The fourth-order valence-electron chi connectivity index (χ4n) is 2.56. The summed E-state index contributed by atoms with van der Waals surface area (Å²) in [6.45, 7) is 1.69. The molecule has 0 aliphatic heterocycles. The van der Waals surface area contributed by atoms with Gasteiger partial charge < -0.3 is 4.74 Å². The molecule has 1 aliphatic carbocycles. The number of sulfonamides is 1. The minimum Gasteiger partial charge on any atom is -0.481 e. The lowest BCUT2D eigenvalue weighted by Crippen LogP contribution is -2.35. The van der Waals surface area contributed by atoms with E-state index in [2.05, 4.69) is 15.3 Å². The van der Waals surface area contributed by atoms with Crippen LogP contribution < -0.4 is 14.8 Å². The number of nitrogens with zero attached hydrogens (tertiary/aromatic N) is 2. The summed E-state index contributed by atoms with van der Waals surface area (Å²) < 4.78 is 32.1. The fraction of sp³-hybridized carbons (Fsp3) is 0.188. The molecule has 8 nitrogen and oxygen atoms in total. The van der Waals surface area contributed by atoms with Gasteiger partial charge in [0.1, 0.15) is 0 Å². The summed E-state index contributed by atoms with van der Waals surface area (Å²) in [5, 5.41) is 2.78. The maximum atomic E-state index is 12.6. The number of amides is 2. The Hall–Kier alpha value is -2.65. The van der Waals surface area contributed by atoms with Gasteiger partial charge in [0.2, 0.25) is 11.8 Å². The highest BCUT2D eigenvalue weighted by molar-refractivity contribution is 7.90. The second-order valence-corrected chi connectivity index (χ2v) is 7.53. The monoisotopic (exact) mass is 394 g/mol. The van der Waals surface area contributed by atoms with Gasteiger partial charge in [0.15, 0.2) is 0 Å². The number of anilines is 1. The van der Waals surface area contributed by atoms with Gasteiger partial charge in [-0.3, -0.25) is 5.32 Å². The van der Waals surface area contributed by atoms with Crippen LogP contribution in [0.4, 0.5) is 10.7 Å². The molecule has 26 heavy (non-hydrogen) atoms. The van der Waals surface area contributed by atoms with E-state index in [-0.39, 0.29) is 16.7 Å². The fourth-order valence-corrected chi connectivity index (χ4v) is 3.99. The van der Waals surface area contributed by atoms with Gasteiger partial charge >= 0.3 is 6.03 Å². The number of methoxy groups -OCH3 is 1. The highest BCUT2D eigenvalue weighted by Gasteiger charge is 2.25. The van der Waals surface area contributed by atoms with Crippen LogP contribution in [-0.4, -0.2) is 31.5 Å². The molecule has 0 bridgehead atoms. The SMILES string of the molecule is COc1cc(C)nc(NC(=O)NS(=O)(=O)c2cccc3c2CC=C3Cl)n1. The van der Waals surface area contributed by atoms with Crippen molar-refractivity contribution in [3.05, 3.63) is 47.2 Å². The number of carbonyl (C=O) groups excluding carboxylic acids is 1. The van der Waals surface area contributed by atoms with E-state index in [0.717, 1.165) is 0 Å². The third-order valence-corrected chi connectivity index (χ3v) is 5.43. The lowest BCUT2D eigenvalue weighted by atomic mass is 10.1. The normalized spacial score (nSPS) is 13.0. The van der Waals surface area contributed by atoms with Crippen molar-refractivity contribution >= 4 is 38.6 Å². The van der Waals surface area contributed by atoms with Crippen LogP contribution in [0.3, 0.4) is 0 Å². The molecule has 2 N–H and O–H groups in total. The van der Waals surface area contributed by atoms with Gasteiger partial charge in [-0.1, -0.05) is 29.8 Å². The van der Waals surface area contributed by atoms with Gasteiger partial charge in [-0.05, 0) is 30.5 Å². The molecule has 0 saturated heterocycles. The molecule has 0 spiro atoms. The molecular formula is C16H15ClN4O4S. The Labute approximate surface area is 155 Å². The van der Waals surface area contributed by atoms with Crippen molar-refractivity contribution in [1.29, 1.82) is 0 Å². The minimum absolute atomic E-state index is 0.000193. The molecule has 0 saturated carbocycles. The van der Waals surface area contributed by atoms with Crippen molar-refractivity contribution in [3.63, 3.8) is 0 Å². The zero-order valence-corrected chi connectivity index (χ0v) is 15.5. The van der Waals surface area contributed by atoms with Crippen LogP contribution >= 0.6 is 11.6 Å². The number of aromatic nitrogens is 2. The molecule has 1 heterocycles. The molecule has 0 fully saturated rings. The number of halogens is 1. The number of fused-ring (bicyclic) bond motifs is 1. The molecule has 2 aromatic rings. The average molecular weight is 395 g/mol. The van der Waals surface area contributed by atoms with Gasteiger partial charge in [-0.2, -0.15) is 4.98 Å². The zero-order chi connectivity index (χ0) is 18.9. The standard InChI is InChI=1S/C16H15ClN4O4S/c1-9-8-14(25-2)19-15(18-9)20-16(22)21-26(23,24)13-5-3-4-10-11(13)6-7-12(10)17/h3-5,7-8H,6H2,1-2H3,(H2,18,19,20,21,22). The van der Waals surface area contributed by atoms with Gasteiger partial charge in [0.05, 0.1) is 12.0 Å². The first-order valence-corrected chi connectivity index (χ1v) is 9.37. The summed E-state index contributed by atoms with van der Waals surface area (Å²) in [4.78, 5) is 20.1. The summed E-state index contributed by atoms with van der Waals surface area (Å²) in [5.41, 5.74) is 1.74. The number of hydrogen-bond acceptors (Lipinski definition) is 6. The molecule has 3 rings (SSSR count). The number of carbonyl (C=O) groups is 1. The number of benzene rings is 1. The zero-order valence-electron chi connectivity index (χ0n) is 13.9. The Morgan fingerprint density at radius 3 is 2.81 bits per heavy atom. The first-order valence-electron chi connectivity index (χ1n) is 7.51. The van der Waals surface area contributed by atoms with Crippen LogP contribution in [0.15, 0.2) is 35.2 Å². The number of rotatable bonds is 4. The highest BCUT2D eigenvalue weighted by atomic mass is 35.5. The first-order chi connectivity index (χ1) is 12.3. The quantitative estimate of drug-likeness (QED) is 0.824. The van der Waals surface area contributed by atoms with Gasteiger partial charge in [0.25, 0.3) is 10.0 Å². The molecule has 10 heteroatoms. The topological polar surface area (TPSA) is 110 Å². The van der Waals surface area contributed by atoms with Crippen LogP contribution in [0.25, 0.3) is 5.03 Å². The summed E-state index contributed by atoms with van der Waals surface area (Å²) in [7, 11) is -2.67. The van der Waals surface area contributed by atoms with Crippen LogP contribution in [0.2, 0.25) is 0 Å². The summed E-state index contributed by atoms with van der Waals surface area (Å²) in [5.74, 6) is 0.176. The second-order valence-electron chi connectivity index (χ2n) is 5.47. The second kappa shape index (κ2) is 6.93. The maximum absolute atomic E-state index is 12.6. The molecule has 0 atom stereocenters. The highest BCUT2D eigenvalue weighted by Crippen LogP contribution is 2.34. The summed E-state index contributed by atoms with van der Waals surface area (Å²) >= 11 is 6.06. The number of ether oxygens (including phenoxy) is 1. The predicted molar refractivity (Wildman–Crippen MR) is 96.6 cm³/mol. The minimum atomic E-state index is -4.09. The Morgan fingerprint density at radius 1 is 1.31 bits per heavy atom. The average Bonchev–Trinajstić information content (AvgIpc) is 2.95. The summed E-state index contributed by atoms with van der Waals surface area (Å²) in [6, 6.07) is 5.31. The third-order valence-electron chi connectivity index (χ3n) is 3.66. The number of allylic oxidation sites excluding steroid dienone is 1. The number of urea groups is 1. The molecule has 2 amide bonds. The maximum Gasteiger partial charge on any atom is 0.335 e. The number of aryl methyl sites for hydroxylation is 1. The molecule has 1 aromatic carbocycles. The van der Waals surface area contributed by atoms with E-state index in [4.69, 9.17) is 16.3 Å². The molecule has 136 valence electrons. The summed E-state index contributed by atoms with van der Waals surface area (Å²) in [6.07, 6.45) is 2.10. The number of nitrogens with one attached hydrogen (secondary N) is 2. The third kappa shape index (κ3) is 3.63. The van der Waals surface area contributed by atoms with E-state index in [1.165, 1.54) is 13.2 Å². The van der Waals surface area contributed by atoms with Crippen LogP contribution in [0.1, 0.15) is 16.8 Å². The van der Waals surface area contributed by atoms with Gasteiger partial charge in [-0.15, -0.1) is 0 Å². The van der Waals surface area contributed by atoms with E-state index in [1.54, 1.807) is 31.2 Å². The molecule has 1 aliphatic rings.